The van der Waals surface area contributed by atoms with E-state index >= 15 is 0 Å². The van der Waals surface area contributed by atoms with E-state index in [9.17, 15) is 4.39 Å². The number of rotatable bonds is 5. The molecule has 0 bridgehead atoms. The van der Waals surface area contributed by atoms with Crippen molar-refractivity contribution in [2.24, 2.45) is 5.73 Å². The van der Waals surface area contributed by atoms with Crippen LogP contribution in [0.15, 0.2) is 24.5 Å². The fourth-order valence-corrected chi connectivity index (χ4v) is 2.10. The predicted molar refractivity (Wildman–Crippen MR) is 72.1 cm³/mol. The van der Waals surface area contributed by atoms with E-state index in [-0.39, 0.29) is 5.82 Å². The highest BCUT2D eigenvalue weighted by molar-refractivity contribution is 5.27. The molecule has 0 spiro atoms. The maximum absolute atomic E-state index is 13.8. The van der Waals surface area contributed by atoms with Crippen LogP contribution in [0.3, 0.4) is 0 Å². The van der Waals surface area contributed by atoms with E-state index in [0.29, 0.717) is 12.0 Å². The van der Waals surface area contributed by atoms with Gasteiger partial charge in [0, 0.05) is 24.6 Å². The molecule has 0 saturated heterocycles. The summed E-state index contributed by atoms with van der Waals surface area (Å²) in [5, 5.41) is 4.15. The molecule has 5 heteroatoms. The summed E-state index contributed by atoms with van der Waals surface area (Å²) in [6, 6.07) is 4.59. The summed E-state index contributed by atoms with van der Waals surface area (Å²) in [4.78, 5) is 4.20. The van der Waals surface area contributed by atoms with E-state index in [4.69, 9.17) is 5.73 Å². The highest BCUT2D eigenvalue weighted by Crippen LogP contribution is 2.19. The summed E-state index contributed by atoms with van der Waals surface area (Å²) >= 11 is 0. The van der Waals surface area contributed by atoms with Crippen LogP contribution < -0.4 is 5.73 Å². The van der Waals surface area contributed by atoms with Crippen LogP contribution in [0.5, 0.6) is 0 Å². The first-order valence-corrected chi connectivity index (χ1v) is 6.50. The van der Waals surface area contributed by atoms with Crippen LogP contribution in [0, 0.1) is 12.7 Å². The number of hydrogen-bond donors (Lipinski definition) is 1. The molecule has 19 heavy (non-hydrogen) atoms. The summed E-state index contributed by atoms with van der Waals surface area (Å²) in [6.07, 6.45) is 2.98. The molecule has 0 aliphatic carbocycles. The smallest absolute Gasteiger partial charge is 0.138 e. The van der Waals surface area contributed by atoms with Gasteiger partial charge >= 0.3 is 0 Å². The van der Waals surface area contributed by atoms with Crippen LogP contribution in [0.2, 0.25) is 0 Å². The molecule has 1 heterocycles. The van der Waals surface area contributed by atoms with Crippen LogP contribution in [0.1, 0.15) is 36.3 Å². The highest BCUT2D eigenvalue weighted by atomic mass is 19.1. The molecule has 0 aliphatic rings. The standard InChI is InChI=1S/C14H19FN4/c1-3-6-19-14(17-9-18-19)8-13(16)11-7-10(2)4-5-12(11)15/h4-5,7,9,13H,3,6,8,16H2,1-2H3. The molecule has 1 aromatic carbocycles. The molecule has 2 N–H and O–H groups in total. The Bertz CT molecular complexity index is 550. The van der Waals surface area contributed by atoms with E-state index in [1.807, 2.05) is 11.6 Å². The third-order valence-corrected chi connectivity index (χ3v) is 3.08. The van der Waals surface area contributed by atoms with Crippen LogP contribution in [-0.4, -0.2) is 14.8 Å². The van der Waals surface area contributed by atoms with Crippen LogP contribution in [-0.2, 0) is 13.0 Å². The Hall–Kier alpha value is -1.75. The number of benzene rings is 1. The lowest BCUT2D eigenvalue weighted by Gasteiger charge is -2.14. The minimum atomic E-state index is -0.403. The molecule has 0 aliphatic heterocycles. The van der Waals surface area contributed by atoms with Gasteiger partial charge in [-0.1, -0.05) is 24.6 Å². The molecule has 2 aromatic rings. The van der Waals surface area contributed by atoms with Gasteiger partial charge < -0.3 is 5.73 Å². The largest absolute Gasteiger partial charge is 0.323 e. The SMILES string of the molecule is CCCn1ncnc1CC(N)c1cc(C)ccc1F. The van der Waals surface area contributed by atoms with Gasteiger partial charge in [-0.05, 0) is 19.4 Å². The Labute approximate surface area is 112 Å². The summed E-state index contributed by atoms with van der Waals surface area (Å²) < 4.78 is 15.6. The number of hydrogen-bond acceptors (Lipinski definition) is 3. The van der Waals surface area contributed by atoms with Crippen molar-refractivity contribution in [2.75, 3.05) is 0 Å². The second-order valence-electron chi connectivity index (χ2n) is 4.73. The fraction of sp³-hybridized carbons (Fsp3) is 0.429. The maximum atomic E-state index is 13.8. The molecule has 102 valence electrons. The Morgan fingerprint density at radius 2 is 2.21 bits per heavy atom. The minimum Gasteiger partial charge on any atom is -0.323 e. The Balaban J connectivity index is 2.18. The van der Waals surface area contributed by atoms with Crippen molar-refractivity contribution >= 4 is 0 Å². The molecular formula is C14H19FN4. The summed E-state index contributed by atoms with van der Waals surface area (Å²) in [5.74, 6) is 0.537. The molecule has 2 rings (SSSR count). The lowest BCUT2D eigenvalue weighted by Crippen LogP contribution is -2.18. The summed E-state index contributed by atoms with van der Waals surface area (Å²) in [6.45, 7) is 4.80. The highest BCUT2D eigenvalue weighted by Gasteiger charge is 2.15. The van der Waals surface area contributed by atoms with Gasteiger partial charge in [0.2, 0.25) is 0 Å². The zero-order chi connectivity index (χ0) is 13.8. The van der Waals surface area contributed by atoms with Gasteiger partial charge in [-0.3, -0.25) is 4.68 Å². The average molecular weight is 262 g/mol. The Morgan fingerprint density at radius 1 is 1.42 bits per heavy atom. The zero-order valence-corrected chi connectivity index (χ0v) is 11.3. The molecule has 4 nitrogen and oxygen atoms in total. The minimum absolute atomic E-state index is 0.264. The van der Waals surface area contributed by atoms with Gasteiger partial charge in [0.15, 0.2) is 0 Å². The van der Waals surface area contributed by atoms with Gasteiger partial charge in [-0.25, -0.2) is 9.37 Å². The van der Waals surface area contributed by atoms with Crippen LogP contribution in [0.25, 0.3) is 0 Å². The molecule has 0 radical (unpaired) electrons. The van der Waals surface area contributed by atoms with Crippen molar-refractivity contribution < 1.29 is 4.39 Å². The number of halogens is 1. The third-order valence-electron chi connectivity index (χ3n) is 3.08. The van der Waals surface area contributed by atoms with Crippen molar-refractivity contribution in [3.63, 3.8) is 0 Å². The van der Waals surface area contributed by atoms with E-state index in [2.05, 4.69) is 17.0 Å². The van der Waals surface area contributed by atoms with Gasteiger partial charge in [0.1, 0.15) is 18.0 Å². The summed E-state index contributed by atoms with van der Waals surface area (Å²) in [5.41, 5.74) is 7.63. The molecule has 1 aromatic heterocycles. The normalized spacial score (nSPS) is 12.6. The molecule has 0 fully saturated rings. The third kappa shape index (κ3) is 3.17. The van der Waals surface area contributed by atoms with Crippen molar-refractivity contribution in [1.29, 1.82) is 0 Å². The van der Waals surface area contributed by atoms with E-state index < -0.39 is 6.04 Å². The zero-order valence-electron chi connectivity index (χ0n) is 11.3. The van der Waals surface area contributed by atoms with Crippen molar-refractivity contribution in [1.82, 2.24) is 14.8 Å². The first-order chi connectivity index (χ1) is 9.11. The second kappa shape index (κ2) is 5.93. The van der Waals surface area contributed by atoms with E-state index in [1.165, 1.54) is 12.4 Å². The first-order valence-electron chi connectivity index (χ1n) is 6.50. The predicted octanol–water partition coefficient (Wildman–Crippen LogP) is 2.38. The number of nitrogens with zero attached hydrogens (tertiary/aromatic N) is 3. The fourth-order valence-electron chi connectivity index (χ4n) is 2.10. The van der Waals surface area contributed by atoms with Gasteiger partial charge in [0.05, 0.1) is 0 Å². The van der Waals surface area contributed by atoms with E-state index in [0.717, 1.165) is 24.4 Å². The van der Waals surface area contributed by atoms with Crippen molar-refractivity contribution in [3.05, 3.63) is 47.3 Å². The first kappa shape index (κ1) is 13.7. The van der Waals surface area contributed by atoms with Crippen molar-refractivity contribution in [2.45, 2.75) is 39.3 Å². The second-order valence-corrected chi connectivity index (χ2v) is 4.73. The van der Waals surface area contributed by atoms with Gasteiger partial charge in [-0.15, -0.1) is 0 Å². The maximum Gasteiger partial charge on any atom is 0.138 e. The lowest BCUT2D eigenvalue weighted by molar-refractivity contribution is 0.532. The lowest BCUT2D eigenvalue weighted by atomic mass is 10.0. The summed E-state index contributed by atoms with van der Waals surface area (Å²) in [7, 11) is 0. The van der Waals surface area contributed by atoms with Crippen molar-refractivity contribution in [3.8, 4) is 0 Å². The van der Waals surface area contributed by atoms with Crippen LogP contribution in [0.4, 0.5) is 4.39 Å². The van der Waals surface area contributed by atoms with E-state index in [1.54, 1.807) is 12.1 Å². The monoisotopic (exact) mass is 262 g/mol. The number of aryl methyl sites for hydroxylation is 2. The number of nitrogens with two attached hydrogens (primary N) is 1. The average Bonchev–Trinajstić information content (AvgIpc) is 2.80. The molecule has 0 amide bonds. The topological polar surface area (TPSA) is 56.7 Å². The molecule has 1 unspecified atom stereocenters. The Kier molecular flexibility index (Phi) is 4.27. The molecule has 1 atom stereocenters. The van der Waals surface area contributed by atoms with Crippen LogP contribution >= 0.6 is 0 Å². The van der Waals surface area contributed by atoms with Gasteiger partial charge in [0.25, 0.3) is 0 Å². The van der Waals surface area contributed by atoms with Gasteiger partial charge in [-0.2, -0.15) is 5.10 Å². The quantitative estimate of drug-likeness (QED) is 0.900. The Morgan fingerprint density at radius 3 is 2.95 bits per heavy atom. The number of aromatic nitrogens is 3. The molecule has 0 saturated carbocycles. The molecular weight excluding hydrogens is 243 g/mol.